The van der Waals surface area contributed by atoms with Crippen LogP contribution in [0.25, 0.3) is 6.08 Å². The van der Waals surface area contributed by atoms with Gasteiger partial charge in [0.25, 0.3) is 5.91 Å². The van der Waals surface area contributed by atoms with Gasteiger partial charge in [0.2, 0.25) is 0 Å². The molecule has 0 fully saturated rings. The standard InChI is InChI=1S/C26H22Cl2N2O3/c1-16-6-4-7-18(10-16)15-33-25-22(28)12-19(13-24(25)32-3)11-20(14-29)26(31)30-23-9-5-8-21(27)17(23)2/h4-13H,15H2,1-3H3,(H,30,31)/b20-11-. The number of nitrogens with one attached hydrogen (secondary N) is 1. The number of amides is 1. The lowest BCUT2D eigenvalue weighted by atomic mass is 10.1. The topological polar surface area (TPSA) is 71.3 Å². The number of nitrogens with zero attached hydrogens (tertiary/aromatic N) is 1. The number of carbonyl (C=O) groups is 1. The van der Waals surface area contributed by atoms with Crippen molar-refractivity contribution in [2.45, 2.75) is 20.5 Å². The van der Waals surface area contributed by atoms with Crippen molar-refractivity contribution < 1.29 is 14.3 Å². The molecule has 3 rings (SSSR count). The van der Waals surface area contributed by atoms with E-state index < -0.39 is 5.91 Å². The van der Waals surface area contributed by atoms with Crippen molar-refractivity contribution in [3.63, 3.8) is 0 Å². The number of methoxy groups -OCH3 is 1. The van der Waals surface area contributed by atoms with E-state index in [0.29, 0.717) is 45.0 Å². The molecule has 0 unspecified atom stereocenters. The Kier molecular flexibility index (Phi) is 8.00. The Morgan fingerprint density at radius 2 is 1.85 bits per heavy atom. The Labute approximate surface area is 203 Å². The summed E-state index contributed by atoms with van der Waals surface area (Å²) in [5.41, 5.74) is 3.80. The van der Waals surface area contributed by atoms with Gasteiger partial charge in [0.05, 0.1) is 12.1 Å². The number of ether oxygens (including phenoxy) is 2. The first-order chi connectivity index (χ1) is 15.8. The maximum atomic E-state index is 12.7. The fraction of sp³-hybridized carbons (Fsp3) is 0.154. The predicted molar refractivity (Wildman–Crippen MR) is 132 cm³/mol. The molecule has 3 aromatic carbocycles. The number of halogens is 2. The van der Waals surface area contributed by atoms with Crippen molar-refractivity contribution in [3.05, 3.63) is 92.5 Å². The summed E-state index contributed by atoms with van der Waals surface area (Å²) in [5.74, 6) is 0.220. The van der Waals surface area contributed by atoms with E-state index in [2.05, 4.69) is 5.32 Å². The molecule has 0 spiro atoms. The summed E-state index contributed by atoms with van der Waals surface area (Å²) < 4.78 is 11.3. The first-order valence-electron chi connectivity index (χ1n) is 10.1. The average molecular weight is 481 g/mol. The Balaban J connectivity index is 1.84. The minimum Gasteiger partial charge on any atom is -0.493 e. The molecule has 1 N–H and O–H groups in total. The molecule has 0 aliphatic rings. The minimum absolute atomic E-state index is 0.0964. The highest BCUT2D eigenvalue weighted by Gasteiger charge is 2.15. The van der Waals surface area contributed by atoms with Crippen LogP contribution in [0.4, 0.5) is 5.69 Å². The van der Waals surface area contributed by atoms with Crippen molar-refractivity contribution in [2.24, 2.45) is 0 Å². The summed E-state index contributed by atoms with van der Waals surface area (Å²) in [6.07, 6.45) is 1.44. The maximum absolute atomic E-state index is 12.7. The van der Waals surface area contributed by atoms with E-state index in [1.807, 2.05) is 37.3 Å². The van der Waals surface area contributed by atoms with Crippen LogP contribution in [0.3, 0.4) is 0 Å². The van der Waals surface area contributed by atoms with E-state index in [4.69, 9.17) is 32.7 Å². The molecule has 0 radical (unpaired) electrons. The molecular formula is C26H22Cl2N2O3. The number of anilines is 1. The van der Waals surface area contributed by atoms with Crippen LogP contribution in [-0.4, -0.2) is 13.0 Å². The summed E-state index contributed by atoms with van der Waals surface area (Å²) >= 11 is 12.6. The van der Waals surface area contributed by atoms with Crippen molar-refractivity contribution in [3.8, 4) is 17.6 Å². The lowest BCUT2D eigenvalue weighted by Crippen LogP contribution is -2.14. The smallest absolute Gasteiger partial charge is 0.266 e. The van der Waals surface area contributed by atoms with Gasteiger partial charge in [0, 0.05) is 10.7 Å². The van der Waals surface area contributed by atoms with Gasteiger partial charge in [-0.05, 0) is 60.9 Å². The fourth-order valence-electron chi connectivity index (χ4n) is 3.17. The van der Waals surface area contributed by atoms with Crippen LogP contribution in [0.5, 0.6) is 11.5 Å². The molecule has 0 aliphatic carbocycles. The highest BCUT2D eigenvalue weighted by atomic mass is 35.5. The first-order valence-corrected chi connectivity index (χ1v) is 10.8. The summed E-state index contributed by atoms with van der Waals surface area (Å²) in [6, 6.07) is 18.3. The second kappa shape index (κ2) is 10.9. The molecule has 33 heavy (non-hydrogen) atoms. The van der Waals surface area contributed by atoms with E-state index in [-0.39, 0.29) is 5.57 Å². The maximum Gasteiger partial charge on any atom is 0.266 e. The van der Waals surface area contributed by atoms with Gasteiger partial charge >= 0.3 is 0 Å². The van der Waals surface area contributed by atoms with Gasteiger partial charge in [-0.25, -0.2) is 0 Å². The third-order valence-corrected chi connectivity index (χ3v) is 5.60. The van der Waals surface area contributed by atoms with Crippen LogP contribution >= 0.6 is 23.2 Å². The Bertz CT molecular complexity index is 1260. The fourth-order valence-corrected chi connectivity index (χ4v) is 3.62. The second-order valence-corrected chi connectivity index (χ2v) is 8.16. The van der Waals surface area contributed by atoms with Gasteiger partial charge in [0.1, 0.15) is 18.2 Å². The minimum atomic E-state index is -0.558. The number of carbonyl (C=O) groups excluding carboxylic acids is 1. The summed E-state index contributed by atoms with van der Waals surface area (Å²) in [5, 5.41) is 13.1. The molecule has 5 nitrogen and oxygen atoms in total. The van der Waals surface area contributed by atoms with E-state index in [0.717, 1.165) is 11.1 Å². The van der Waals surface area contributed by atoms with Gasteiger partial charge in [-0.3, -0.25) is 4.79 Å². The number of hydrogen-bond donors (Lipinski definition) is 1. The normalized spacial score (nSPS) is 11.0. The second-order valence-electron chi connectivity index (χ2n) is 7.35. The molecule has 7 heteroatoms. The molecule has 3 aromatic rings. The third-order valence-electron chi connectivity index (χ3n) is 4.91. The number of aryl methyl sites for hydroxylation is 1. The lowest BCUT2D eigenvalue weighted by Gasteiger charge is -2.14. The number of benzene rings is 3. The number of rotatable bonds is 7. The van der Waals surface area contributed by atoms with Gasteiger partial charge in [-0.1, -0.05) is 59.1 Å². The van der Waals surface area contributed by atoms with Crippen LogP contribution in [0.2, 0.25) is 10.0 Å². The van der Waals surface area contributed by atoms with E-state index >= 15 is 0 Å². The Hall–Kier alpha value is -3.46. The zero-order chi connectivity index (χ0) is 24.0. The largest absolute Gasteiger partial charge is 0.493 e. The SMILES string of the molecule is COc1cc(/C=C(/C#N)C(=O)Nc2cccc(Cl)c2C)cc(Cl)c1OCc1cccc(C)c1. The molecule has 0 atom stereocenters. The van der Waals surface area contributed by atoms with Gasteiger partial charge < -0.3 is 14.8 Å². The van der Waals surface area contributed by atoms with Crippen LogP contribution < -0.4 is 14.8 Å². The van der Waals surface area contributed by atoms with Gasteiger partial charge in [-0.2, -0.15) is 5.26 Å². The molecule has 0 bridgehead atoms. The Morgan fingerprint density at radius 3 is 2.55 bits per heavy atom. The molecule has 0 heterocycles. The van der Waals surface area contributed by atoms with Crippen LogP contribution in [-0.2, 0) is 11.4 Å². The van der Waals surface area contributed by atoms with Crippen LogP contribution in [0.15, 0.2) is 60.2 Å². The van der Waals surface area contributed by atoms with Crippen molar-refractivity contribution in [2.75, 3.05) is 12.4 Å². The zero-order valence-electron chi connectivity index (χ0n) is 18.4. The van der Waals surface area contributed by atoms with Gasteiger partial charge in [-0.15, -0.1) is 0 Å². The zero-order valence-corrected chi connectivity index (χ0v) is 19.9. The molecule has 0 aromatic heterocycles. The highest BCUT2D eigenvalue weighted by molar-refractivity contribution is 6.32. The number of nitriles is 1. The molecule has 0 saturated heterocycles. The van der Waals surface area contributed by atoms with Crippen LogP contribution in [0.1, 0.15) is 22.3 Å². The summed E-state index contributed by atoms with van der Waals surface area (Å²) in [7, 11) is 1.50. The van der Waals surface area contributed by atoms with Crippen molar-refractivity contribution in [1.29, 1.82) is 5.26 Å². The average Bonchev–Trinajstić information content (AvgIpc) is 2.79. The van der Waals surface area contributed by atoms with Gasteiger partial charge in [0.15, 0.2) is 11.5 Å². The predicted octanol–water partition coefficient (Wildman–Crippen LogP) is 6.74. The Morgan fingerprint density at radius 1 is 1.09 bits per heavy atom. The summed E-state index contributed by atoms with van der Waals surface area (Å²) in [4.78, 5) is 12.7. The molecule has 0 aliphatic heterocycles. The molecule has 1 amide bonds. The number of hydrogen-bond acceptors (Lipinski definition) is 4. The molecular weight excluding hydrogens is 459 g/mol. The van der Waals surface area contributed by atoms with E-state index in [1.54, 1.807) is 37.3 Å². The van der Waals surface area contributed by atoms with Crippen molar-refractivity contribution in [1.82, 2.24) is 0 Å². The quantitative estimate of drug-likeness (QED) is 0.300. The molecule has 168 valence electrons. The molecule has 0 saturated carbocycles. The summed E-state index contributed by atoms with van der Waals surface area (Å²) in [6.45, 7) is 4.11. The van der Waals surface area contributed by atoms with E-state index in [1.165, 1.54) is 13.2 Å². The van der Waals surface area contributed by atoms with Crippen molar-refractivity contribution >= 4 is 40.9 Å². The monoisotopic (exact) mass is 480 g/mol. The van der Waals surface area contributed by atoms with E-state index in [9.17, 15) is 10.1 Å². The van der Waals surface area contributed by atoms with Crippen LogP contribution in [0, 0.1) is 25.2 Å². The lowest BCUT2D eigenvalue weighted by molar-refractivity contribution is -0.112. The first kappa shape index (κ1) is 24.2. The highest BCUT2D eigenvalue weighted by Crippen LogP contribution is 2.37. The third kappa shape index (κ3) is 6.07.